The first-order valence-electron chi connectivity index (χ1n) is 4.33. The van der Waals surface area contributed by atoms with Crippen LogP contribution in [-0.2, 0) is 35.3 Å². The van der Waals surface area contributed by atoms with Crippen molar-refractivity contribution in [1.82, 2.24) is 0 Å². The van der Waals surface area contributed by atoms with Gasteiger partial charge in [-0.05, 0) is 5.30 Å². The van der Waals surface area contributed by atoms with Gasteiger partial charge in [-0.1, -0.05) is 0 Å². The zero-order valence-corrected chi connectivity index (χ0v) is 11.4. The predicted octanol–water partition coefficient (Wildman–Crippen LogP) is 2.40. The standard InChI is InChI=1S/2C5H4O2P.Fe/c2*6-8(7)5-3-1-2-4-5;/h2*1-4H;/q-5;-1;. The first-order valence-corrected chi connectivity index (χ1v) is 6.69. The van der Waals surface area contributed by atoms with Crippen LogP contribution in [0, 0.1) is 0 Å². The van der Waals surface area contributed by atoms with Crippen LogP contribution in [0.3, 0.4) is 0 Å². The molecule has 0 unspecified atom stereocenters. The summed E-state index contributed by atoms with van der Waals surface area (Å²) < 4.78 is 40.4. The summed E-state index contributed by atoms with van der Waals surface area (Å²) in [5.41, 5.74) is 0. The average molecular weight is 310 g/mol. The van der Waals surface area contributed by atoms with E-state index in [0.29, 0.717) is 10.6 Å². The number of hydrogen-bond donors (Lipinski definition) is 0. The van der Waals surface area contributed by atoms with Gasteiger partial charge >= 0.3 is 0 Å². The summed E-state index contributed by atoms with van der Waals surface area (Å²) in [4.78, 5) is 0. The first-order chi connectivity index (χ1) is 7.61. The molecular formula is C10H8FeO4P2-6. The molecule has 0 bridgehead atoms. The van der Waals surface area contributed by atoms with Crippen molar-refractivity contribution in [2.45, 2.75) is 0 Å². The molecule has 0 aliphatic rings. The van der Waals surface area contributed by atoms with Crippen LogP contribution in [0.2, 0.25) is 0 Å². The van der Waals surface area contributed by atoms with Crippen molar-refractivity contribution in [3.63, 3.8) is 0 Å². The van der Waals surface area contributed by atoms with Gasteiger partial charge in [0.2, 0.25) is 0 Å². The molecule has 2 aromatic rings. The van der Waals surface area contributed by atoms with Crippen molar-refractivity contribution in [1.29, 1.82) is 0 Å². The van der Waals surface area contributed by atoms with Gasteiger partial charge in [0.25, 0.3) is 7.68 Å². The molecule has 2 aromatic carbocycles. The second kappa shape index (κ2) is 8.16. The molecule has 0 aliphatic carbocycles. The second-order valence-corrected chi connectivity index (χ2v) is 4.86. The van der Waals surface area contributed by atoms with Crippen LogP contribution in [0.25, 0.3) is 0 Å². The van der Waals surface area contributed by atoms with Gasteiger partial charge in [0, 0.05) is 17.1 Å². The average Bonchev–Trinajstić information content (AvgIpc) is 2.93. The van der Waals surface area contributed by atoms with Crippen molar-refractivity contribution < 1.29 is 35.3 Å². The molecule has 0 radical (unpaired) electrons. The molecule has 0 aliphatic heterocycles. The van der Waals surface area contributed by atoms with Gasteiger partial charge in [0.05, 0.1) is 0 Å². The maximum Gasteiger partial charge on any atom is 0.291 e. The summed E-state index contributed by atoms with van der Waals surface area (Å²) in [6.45, 7) is 0. The molecule has 0 N–H and O–H groups in total. The minimum absolute atomic E-state index is 0. The fraction of sp³-hybridized carbons (Fsp3) is 0. The molecule has 7 heteroatoms. The van der Waals surface area contributed by atoms with E-state index in [9.17, 15) is 18.3 Å². The Kier molecular flexibility index (Phi) is 7.69. The van der Waals surface area contributed by atoms with Crippen LogP contribution in [0.1, 0.15) is 0 Å². The quantitative estimate of drug-likeness (QED) is 0.485. The largest absolute Gasteiger partial charge is 0.747 e. The van der Waals surface area contributed by atoms with Gasteiger partial charge in [0.15, 0.2) is 0 Å². The Hall–Kier alpha value is -0.981. The molecule has 96 valence electrons. The van der Waals surface area contributed by atoms with Crippen LogP contribution in [0.5, 0.6) is 0 Å². The summed E-state index contributed by atoms with van der Waals surface area (Å²) in [5.74, 6) is 0. The topological polar surface area (TPSA) is 68.3 Å². The molecule has 2 rings (SSSR count). The molecule has 17 heavy (non-hydrogen) atoms. The van der Waals surface area contributed by atoms with E-state index < -0.39 is 15.4 Å². The van der Waals surface area contributed by atoms with Crippen LogP contribution in [0.15, 0.2) is 48.5 Å². The fourth-order valence-electron chi connectivity index (χ4n) is 0.971. The van der Waals surface area contributed by atoms with Gasteiger partial charge in [-0.3, -0.25) is 9.13 Å². The SMILES string of the molecule is O=P(=O)[c-]1[cH-][cH-][cH-][cH-]1.O=P(=O)[c-]1cccc1.[Fe]. The molecule has 0 saturated heterocycles. The minimum Gasteiger partial charge on any atom is -0.747 e. The normalized spacial score (nSPS) is 8.47. The van der Waals surface area contributed by atoms with E-state index in [4.69, 9.17) is 0 Å². The molecule has 0 amide bonds. The van der Waals surface area contributed by atoms with Crippen LogP contribution in [-0.4, -0.2) is 0 Å². The van der Waals surface area contributed by atoms with E-state index in [-0.39, 0.29) is 17.1 Å². The predicted molar refractivity (Wildman–Crippen MR) is 59.9 cm³/mol. The molecular weight excluding hydrogens is 302 g/mol. The molecule has 0 saturated carbocycles. The van der Waals surface area contributed by atoms with Gasteiger partial charge in [-0.15, -0.1) is 0 Å². The summed E-state index contributed by atoms with van der Waals surface area (Å²) >= 11 is 0. The van der Waals surface area contributed by atoms with Gasteiger partial charge < -0.3 is 29.6 Å². The van der Waals surface area contributed by atoms with E-state index in [2.05, 4.69) is 0 Å². The molecule has 0 atom stereocenters. The first kappa shape index (κ1) is 16.0. The summed E-state index contributed by atoms with van der Waals surface area (Å²) in [6.07, 6.45) is 0. The van der Waals surface area contributed by atoms with Crippen molar-refractivity contribution in [2.75, 3.05) is 0 Å². The van der Waals surface area contributed by atoms with Crippen LogP contribution >= 0.6 is 15.4 Å². The molecule has 0 aromatic heterocycles. The molecule has 0 fully saturated rings. The van der Waals surface area contributed by atoms with Crippen molar-refractivity contribution >= 4 is 26.0 Å². The second-order valence-electron chi connectivity index (χ2n) is 2.80. The minimum atomic E-state index is -2.36. The Morgan fingerprint density at radius 2 is 1.29 bits per heavy atom. The van der Waals surface area contributed by atoms with Gasteiger partial charge in [0.1, 0.15) is 7.68 Å². The van der Waals surface area contributed by atoms with E-state index in [1.54, 1.807) is 48.5 Å². The summed E-state index contributed by atoms with van der Waals surface area (Å²) in [7, 11) is -4.72. The Morgan fingerprint density at radius 1 is 0.824 bits per heavy atom. The zero-order valence-electron chi connectivity index (χ0n) is 8.50. The zero-order chi connectivity index (χ0) is 12.0. The third-order valence-electron chi connectivity index (χ3n) is 1.71. The third-order valence-corrected chi connectivity index (χ3v) is 3.15. The Morgan fingerprint density at radius 3 is 1.53 bits per heavy atom. The monoisotopic (exact) mass is 310 g/mol. The van der Waals surface area contributed by atoms with E-state index in [1.165, 1.54) is 0 Å². The molecule has 0 heterocycles. The third kappa shape index (κ3) is 5.76. The Balaban J connectivity index is 0.000000284. The van der Waals surface area contributed by atoms with Crippen LogP contribution in [0.4, 0.5) is 0 Å². The van der Waals surface area contributed by atoms with Crippen molar-refractivity contribution in [2.24, 2.45) is 0 Å². The number of rotatable bonds is 2. The smallest absolute Gasteiger partial charge is 0.291 e. The molecule has 0 spiro atoms. The van der Waals surface area contributed by atoms with Gasteiger partial charge in [-0.25, -0.2) is 21.3 Å². The van der Waals surface area contributed by atoms with Crippen LogP contribution < -0.4 is 10.6 Å². The van der Waals surface area contributed by atoms with E-state index in [1.807, 2.05) is 0 Å². The summed E-state index contributed by atoms with van der Waals surface area (Å²) in [6, 6.07) is 13.0. The Labute approximate surface area is 110 Å². The van der Waals surface area contributed by atoms with Crippen molar-refractivity contribution in [3.8, 4) is 0 Å². The number of hydrogen-bond acceptors (Lipinski definition) is 4. The van der Waals surface area contributed by atoms with E-state index in [0.717, 1.165) is 0 Å². The van der Waals surface area contributed by atoms with E-state index >= 15 is 0 Å². The summed E-state index contributed by atoms with van der Waals surface area (Å²) in [5, 5.41) is 0.778. The Bertz CT molecular complexity index is 483. The van der Waals surface area contributed by atoms with Crippen molar-refractivity contribution in [3.05, 3.63) is 48.5 Å². The maximum absolute atomic E-state index is 10.1. The van der Waals surface area contributed by atoms with Gasteiger partial charge in [-0.2, -0.15) is 12.1 Å². The fourth-order valence-corrected chi connectivity index (χ4v) is 1.80. The maximum atomic E-state index is 10.1. The molecule has 4 nitrogen and oxygen atoms in total.